The fourth-order valence-corrected chi connectivity index (χ4v) is 1.62. The monoisotopic (exact) mass is 405 g/mol. The molecule has 0 saturated carbocycles. The van der Waals surface area contributed by atoms with E-state index in [9.17, 15) is 0 Å². The second-order valence-corrected chi connectivity index (χ2v) is 5.80. The van der Waals surface area contributed by atoms with Gasteiger partial charge in [0.1, 0.15) is 12.4 Å². The molecule has 1 aromatic rings. The summed E-state index contributed by atoms with van der Waals surface area (Å²) < 4.78 is 5.66. The zero-order valence-corrected chi connectivity index (χ0v) is 16.0. The van der Waals surface area contributed by atoms with E-state index in [1.165, 1.54) is 5.56 Å². The van der Waals surface area contributed by atoms with Crippen molar-refractivity contribution in [1.29, 1.82) is 0 Å². The van der Waals surface area contributed by atoms with Crippen molar-refractivity contribution in [2.45, 2.75) is 40.2 Å². The second-order valence-electron chi connectivity index (χ2n) is 5.80. The molecule has 0 amide bonds. The average Bonchev–Trinajstić information content (AvgIpc) is 2.35. The minimum absolute atomic E-state index is 0. The van der Waals surface area contributed by atoms with E-state index in [0.29, 0.717) is 13.2 Å². The number of ether oxygens (including phenoxy) is 1. The van der Waals surface area contributed by atoms with Crippen molar-refractivity contribution < 1.29 is 4.74 Å². The van der Waals surface area contributed by atoms with E-state index in [0.717, 1.165) is 18.3 Å². The summed E-state index contributed by atoms with van der Waals surface area (Å²) in [5, 5.41) is 6.58. The van der Waals surface area contributed by atoms with E-state index in [1.807, 2.05) is 24.3 Å². The van der Waals surface area contributed by atoms with Crippen molar-refractivity contribution in [3.8, 4) is 5.75 Å². The number of nitrogens with one attached hydrogen (secondary N) is 2. The third-order valence-electron chi connectivity index (χ3n) is 2.49. The number of aliphatic imine (C=N–C) groups is 1. The second kappa shape index (κ2) is 9.87. The fraction of sp³-hybridized carbons (Fsp3) is 0.562. The maximum absolute atomic E-state index is 5.66. The van der Waals surface area contributed by atoms with Crippen LogP contribution < -0.4 is 15.4 Å². The third kappa shape index (κ3) is 9.55. The Hall–Kier alpha value is -0.980. The van der Waals surface area contributed by atoms with Gasteiger partial charge in [0.2, 0.25) is 0 Å². The highest BCUT2D eigenvalue weighted by Crippen LogP contribution is 2.10. The minimum atomic E-state index is -0.00117. The molecule has 2 N–H and O–H groups in total. The average molecular weight is 405 g/mol. The Balaban J connectivity index is 0.00000400. The Morgan fingerprint density at radius 3 is 2.33 bits per heavy atom. The lowest BCUT2D eigenvalue weighted by atomic mass is 10.1. The van der Waals surface area contributed by atoms with Crippen LogP contribution in [0.4, 0.5) is 0 Å². The first-order valence-corrected chi connectivity index (χ1v) is 7.16. The van der Waals surface area contributed by atoms with Gasteiger partial charge in [-0.3, -0.25) is 0 Å². The molecule has 21 heavy (non-hydrogen) atoms. The van der Waals surface area contributed by atoms with Crippen LogP contribution in [0.5, 0.6) is 5.75 Å². The van der Waals surface area contributed by atoms with Gasteiger partial charge in [0, 0.05) is 12.1 Å². The maximum Gasteiger partial charge on any atom is 0.191 e. The van der Waals surface area contributed by atoms with E-state index < -0.39 is 0 Å². The van der Waals surface area contributed by atoms with Gasteiger partial charge in [0.15, 0.2) is 5.96 Å². The van der Waals surface area contributed by atoms with Crippen LogP contribution >= 0.6 is 24.0 Å². The lowest BCUT2D eigenvalue weighted by Gasteiger charge is -2.23. The molecule has 0 bridgehead atoms. The van der Waals surface area contributed by atoms with E-state index in [-0.39, 0.29) is 29.5 Å². The minimum Gasteiger partial charge on any atom is -0.492 e. The molecule has 1 rings (SSSR count). The third-order valence-corrected chi connectivity index (χ3v) is 2.49. The first-order chi connectivity index (χ1) is 9.40. The van der Waals surface area contributed by atoms with Crippen LogP contribution in [-0.2, 0) is 0 Å². The molecule has 0 aliphatic rings. The molecular weight excluding hydrogens is 377 g/mol. The molecule has 4 nitrogen and oxygen atoms in total. The Bertz CT molecular complexity index is 424. The van der Waals surface area contributed by atoms with E-state index in [4.69, 9.17) is 4.74 Å². The van der Waals surface area contributed by atoms with Crippen LogP contribution in [0.2, 0.25) is 0 Å². The number of guanidine groups is 1. The van der Waals surface area contributed by atoms with Gasteiger partial charge in [-0.25, -0.2) is 4.99 Å². The predicted octanol–water partition coefficient (Wildman–Crippen LogP) is 3.35. The van der Waals surface area contributed by atoms with Crippen molar-refractivity contribution >= 4 is 29.9 Å². The van der Waals surface area contributed by atoms with Crippen molar-refractivity contribution in [2.24, 2.45) is 4.99 Å². The lowest BCUT2D eigenvalue weighted by Crippen LogP contribution is -2.47. The lowest BCUT2D eigenvalue weighted by molar-refractivity contribution is 0.328. The van der Waals surface area contributed by atoms with Gasteiger partial charge in [-0.1, -0.05) is 17.7 Å². The van der Waals surface area contributed by atoms with Gasteiger partial charge in [0.05, 0.1) is 6.54 Å². The van der Waals surface area contributed by atoms with Crippen LogP contribution in [0.3, 0.4) is 0 Å². The van der Waals surface area contributed by atoms with E-state index in [2.05, 4.69) is 50.2 Å². The summed E-state index contributed by atoms with van der Waals surface area (Å²) in [7, 11) is 0. The fourth-order valence-electron chi connectivity index (χ4n) is 1.62. The summed E-state index contributed by atoms with van der Waals surface area (Å²) >= 11 is 0. The molecule has 120 valence electrons. The van der Waals surface area contributed by atoms with Crippen molar-refractivity contribution in [2.75, 3.05) is 19.7 Å². The first-order valence-electron chi connectivity index (χ1n) is 7.16. The number of hydrogen-bond donors (Lipinski definition) is 2. The number of benzene rings is 1. The summed E-state index contributed by atoms with van der Waals surface area (Å²) in [6.45, 7) is 12.5. The molecule has 0 radical (unpaired) electrons. The summed E-state index contributed by atoms with van der Waals surface area (Å²) in [4.78, 5) is 4.50. The number of halogens is 1. The van der Waals surface area contributed by atoms with Gasteiger partial charge in [-0.2, -0.15) is 0 Å². The van der Waals surface area contributed by atoms with Gasteiger partial charge in [0.25, 0.3) is 0 Å². The standard InChI is InChI=1S/C16H27N3O.HI/c1-6-17-15(19-16(3,4)5)18-11-12-20-14-9-7-13(2)8-10-14;/h7-10H,6,11-12H2,1-5H3,(H2,17,18,19);1H. The molecule has 0 unspecified atom stereocenters. The number of nitrogens with zero attached hydrogens (tertiary/aromatic N) is 1. The highest BCUT2D eigenvalue weighted by atomic mass is 127. The van der Waals surface area contributed by atoms with Crippen LogP contribution in [-0.4, -0.2) is 31.2 Å². The molecule has 0 saturated heterocycles. The van der Waals surface area contributed by atoms with Crippen LogP contribution in [0.25, 0.3) is 0 Å². The van der Waals surface area contributed by atoms with Gasteiger partial charge < -0.3 is 15.4 Å². The quantitative estimate of drug-likeness (QED) is 0.342. The van der Waals surface area contributed by atoms with Crippen LogP contribution in [0, 0.1) is 6.92 Å². The highest BCUT2D eigenvalue weighted by molar-refractivity contribution is 14.0. The zero-order valence-electron chi connectivity index (χ0n) is 13.7. The van der Waals surface area contributed by atoms with Crippen LogP contribution in [0.15, 0.2) is 29.3 Å². The Kier molecular flexibility index (Phi) is 9.41. The maximum atomic E-state index is 5.66. The molecule has 0 aliphatic carbocycles. The SMILES string of the molecule is CCNC(=NCCOc1ccc(C)cc1)NC(C)(C)C.I. The molecular formula is C16H28IN3O. The summed E-state index contributed by atoms with van der Waals surface area (Å²) in [5.74, 6) is 1.71. The molecule has 0 spiro atoms. The molecule has 5 heteroatoms. The molecule has 1 aromatic carbocycles. The number of rotatable bonds is 5. The predicted molar refractivity (Wildman–Crippen MR) is 101 cm³/mol. The van der Waals surface area contributed by atoms with Crippen molar-refractivity contribution in [1.82, 2.24) is 10.6 Å². The number of hydrogen-bond acceptors (Lipinski definition) is 2. The summed E-state index contributed by atoms with van der Waals surface area (Å²) in [5.41, 5.74) is 1.23. The van der Waals surface area contributed by atoms with Crippen LogP contribution in [0.1, 0.15) is 33.3 Å². The van der Waals surface area contributed by atoms with E-state index in [1.54, 1.807) is 0 Å². The molecule has 0 atom stereocenters. The summed E-state index contributed by atoms with van der Waals surface area (Å²) in [6.07, 6.45) is 0. The Morgan fingerprint density at radius 1 is 1.19 bits per heavy atom. The van der Waals surface area contributed by atoms with Gasteiger partial charge in [-0.05, 0) is 46.8 Å². The van der Waals surface area contributed by atoms with Gasteiger partial charge >= 0.3 is 0 Å². The first kappa shape index (κ1) is 20.0. The molecule has 0 fully saturated rings. The molecule has 0 heterocycles. The van der Waals surface area contributed by atoms with Crippen molar-refractivity contribution in [3.63, 3.8) is 0 Å². The molecule has 0 aliphatic heterocycles. The highest BCUT2D eigenvalue weighted by Gasteiger charge is 2.11. The Labute approximate surface area is 145 Å². The smallest absolute Gasteiger partial charge is 0.191 e. The largest absolute Gasteiger partial charge is 0.492 e. The van der Waals surface area contributed by atoms with Crippen molar-refractivity contribution in [3.05, 3.63) is 29.8 Å². The molecule has 0 aromatic heterocycles. The van der Waals surface area contributed by atoms with E-state index >= 15 is 0 Å². The number of aryl methyl sites for hydroxylation is 1. The normalized spacial score (nSPS) is 11.6. The zero-order chi connectivity index (χ0) is 15.0. The summed E-state index contributed by atoms with van der Waals surface area (Å²) in [6, 6.07) is 8.06. The Morgan fingerprint density at radius 2 is 1.81 bits per heavy atom. The topological polar surface area (TPSA) is 45.7 Å². The van der Waals surface area contributed by atoms with Gasteiger partial charge in [-0.15, -0.1) is 24.0 Å².